The molecule has 4 nitrogen and oxygen atoms in total. The number of ether oxygens (including phenoxy) is 1. The second-order valence-corrected chi connectivity index (χ2v) is 4.97. The average molecular weight is 269 g/mol. The summed E-state index contributed by atoms with van der Waals surface area (Å²) in [6.45, 7) is 2.95. The van der Waals surface area contributed by atoms with Gasteiger partial charge in [-0.2, -0.15) is 0 Å². The summed E-state index contributed by atoms with van der Waals surface area (Å²) in [5.41, 5.74) is 0.607. The zero-order valence-corrected chi connectivity index (χ0v) is 11.3. The highest BCUT2D eigenvalue weighted by Gasteiger charge is 2.29. The van der Waals surface area contributed by atoms with Crippen molar-refractivity contribution in [1.82, 2.24) is 5.32 Å². The molecule has 0 saturated carbocycles. The van der Waals surface area contributed by atoms with Crippen LogP contribution in [0.5, 0.6) is 5.75 Å². The van der Waals surface area contributed by atoms with Gasteiger partial charge in [-0.25, -0.2) is 0 Å². The van der Waals surface area contributed by atoms with E-state index in [-0.39, 0.29) is 11.9 Å². The van der Waals surface area contributed by atoms with Crippen molar-refractivity contribution in [3.8, 4) is 5.75 Å². The molecule has 1 aliphatic rings. The van der Waals surface area contributed by atoms with Gasteiger partial charge in [0.05, 0.1) is 18.8 Å². The van der Waals surface area contributed by atoms with Crippen molar-refractivity contribution in [2.24, 2.45) is 5.92 Å². The number of carbonyl (C=O) groups is 1. The first-order valence-electron chi connectivity index (χ1n) is 5.99. The van der Waals surface area contributed by atoms with Gasteiger partial charge in [0, 0.05) is 5.02 Å². The maximum Gasteiger partial charge on any atom is 0.241 e. The minimum absolute atomic E-state index is 0.0411. The molecule has 1 aromatic rings. The Morgan fingerprint density at radius 3 is 2.94 bits per heavy atom. The van der Waals surface area contributed by atoms with E-state index < -0.39 is 0 Å². The molecular weight excluding hydrogens is 252 g/mol. The molecule has 0 bridgehead atoms. The third kappa shape index (κ3) is 2.76. The SMILES string of the molecule is COc1ccc(Cl)cc1NC(=O)C1NCCC1C. The zero-order valence-electron chi connectivity index (χ0n) is 10.5. The number of amides is 1. The maximum absolute atomic E-state index is 12.1. The topological polar surface area (TPSA) is 50.4 Å². The van der Waals surface area contributed by atoms with Gasteiger partial charge in [-0.1, -0.05) is 18.5 Å². The number of methoxy groups -OCH3 is 1. The Morgan fingerprint density at radius 2 is 2.33 bits per heavy atom. The molecule has 1 heterocycles. The highest BCUT2D eigenvalue weighted by Crippen LogP contribution is 2.28. The molecule has 1 amide bonds. The number of halogens is 1. The second kappa shape index (κ2) is 5.59. The van der Waals surface area contributed by atoms with Gasteiger partial charge >= 0.3 is 0 Å². The van der Waals surface area contributed by atoms with Crippen LogP contribution in [0.15, 0.2) is 18.2 Å². The summed E-state index contributed by atoms with van der Waals surface area (Å²) in [6, 6.07) is 5.02. The number of hydrogen-bond donors (Lipinski definition) is 2. The van der Waals surface area contributed by atoms with Gasteiger partial charge in [0.1, 0.15) is 5.75 Å². The lowest BCUT2D eigenvalue weighted by molar-refractivity contribution is -0.118. The molecule has 1 fully saturated rings. The molecule has 2 N–H and O–H groups in total. The Morgan fingerprint density at radius 1 is 1.56 bits per heavy atom. The smallest absolute Gasteiger partial charge is 0.241 e. The van der Waals surface area contributed by atoms with E-state index in [2.05, 4.69) is 17.6 Å². The van der Waals surface area contributed by atoms with E-state index in [1.54, 1.807) is 25.3 Å². The van der Waals surface area contributed by atoms with Crippen LogP contribution in [0.4, 0.5) is 5.69 Å². The van der Waals surface area contributed by atoms with E-state index in [0.717, 1.165) is 13.0 Å². The van der Waals surface area contributed by atoms with Gasteiger partial charge < -0.3 is 15.4 Å². The van der Waals surface area contributed by atoms with E-state index in [9.17, 15) is 4.79 Å². The van der Waals surface area contributed by atoms with Crippen LogP contribution in [0.25, 0.3) is 0 Å². The number of rotatable bonds is 3. The van der Waals surface area contributed by atoms with Crippen LogP contribution >= 0.6 is 11.6 Å². The number of hydrogen-bond acceptors (Lipinski definition) is 3. The molecule has 2 atom stereocenters. The molecule has 18 heavy (non-hydrogen) atoms. The monoisotopic (exact) mass is 268 g/mol. The quantitative estimate of drug-likeness (QED) is 0.884. The van der Waals surface area contributed by atoms with E-state index in [1.165, 1.54) is 0 Å². The van der Waals surface area contributed by atoms with Gasteiger partial charge in [0.25, 0.3) is 0 Å². The van der Waals surface area contributed by atoms with E-state index in [4.69, 9.17) is 16.3 Å². The molecular formula is C13H17ClN2O2. The molecule has 0 aliphatic carbocycles. The van der Waals surface area contributed by atoms with Crippen molar-refractivity contribution in [3.63, 3.8) is 0 Å². The number of anilines is 1. The van der Waals surface area contributed by atoms with Gasteiger partial charge in [0.2, 0.25) is 5.91 Å². The van der Waals surface area contributed by atoms with E-state index in [0.29, 0.717) is 22.4 Å². The van der Waals surface area contributed by atoms with Crippen molar-refractivity contribution in [2.45, 2.75) is 19.4 Å². The first-order chi connectivity index (χ1) is 8.61. The molecule has 98 valence electrons. The summed E-state index contributed by atoms with van der Waals surface area (Å²) >= 11 is 5.92. The average Bonchev–Trinajstić information content (AvgIpc) is 2.76. The number of carbonyl (C=O) groups excluding carboxylic acids is 1. The van der Waals surface area contributed by atoms with Crippen LogP contribution in [0.3, 0.4) is 0 Å². The lowest BCUT2D eigenvalue weighted by atomic mass is 10.0. The van der Waals surface area contributed by atoms with Crippen LogP contribution in [-0.2, 0) is 4.79 Å². The third-order valence-corrected chi connectivity index (χ3v) is 3.47. The van der Waals surface area contributed by atoms with Crippen LogP contribution in [0, 0.1) is 5.92 Å². The van der Waals surface area contributed by atoms with Gasteiger partial charge in [-0.15, -0.1) is 0 Å². The van der Waals surface area contributed by atoms with Gasteiger partial charge in [-0.3, -0.25) is 4.79 Å². The minimum Gasteiger partial charge on any atom is -0.495 e. The van der Waals surface area contributed by atoms with E-state index in [1.807, 2.05) is 0 Å². The van der Waals surface area contributed by atoms with Crippen molar-refractivity contribution >= 4 is 23.2 Å². The highest BCUT2D eigenvalue weighted by molar-refractivity contribution is 6.31. The van der Waals surface area contributed by atoms with Crippen LogP contribution < -0.4 is 15.4 Å². The Hall–Kier alpha value is -1.26. The predicted octanol–water partition coefficient (Wildman–Crippen LogP) is 2.29. The maximum atomic E-state index is 12.1. The molecule has 0 radical (unpaired) electrons. The Bertz CT molecular complexity index is 451. The molecule has 1 aromatic carbocycles. The largest absolute Gasteiger partial charge is 0.495 e. The fourth-order valence-corrected chi connectivity index (χ4v) is 2.35. The molecule has 2 rings (SSSR count). The summed E-state index contributed by atoms with van der Waals surface area (Å²) in [7, 11) is 1.56. The van der Waals surface area contributed by atoms with Crippen LogP contribution in [0.2, 0.25) is 5.02 Å². The third-order valence-electron chi connectivity index (χ3n) is 3.23. The van der Waals surface area contributed by atoms with Crippen molar-refractivity contribution in [1.29, 1.82) is 0 Å². The first-order valence-corrected chi connectivity index (χ1v) is 6.37. The Labute approximate surface area is 112 Å². The highest BCUT2D eigenvalue weighted by atomic mass is 35.5. The fourth-order valence-electron chi connectivity index (χ4n) is 2.17. The minimum atomic E-state index is -0.145. The van der Waals surface area contributed by atoms with Gasteiger partial charge in [0.15, 0.2) is 0 Å². The standard InChI is InChI=1S/C13H17ClN2O2/c1-8-5-6-15-12(8)13(17)16-10-7-9(14)3-4-11(10)18-2/h3-4,7-8,12,15H,5-6H2,1-2H3,(H,16,17). The summed E-state index contributed by atoms with van der Waals surface area (Å²) in [5.74, 6) is 0.911. The molecule has 1 aliphatic heterocycles. The molecule has 0 aromatic heterocycles. The van der Waals surface area contributed by atoms with Crippen molar-refractivity contribution in [2.75, 3.05) is 19.0 Å². The fraction of sp³-hybridized carbons (Fsp3) is 0.462. The predicted molar refractivity (Wildman–Crippen MR) is 72.2 cm³/mol. The molecule has 1 saturated heterocycles. The second-order valence-electron chi connectivity index (χ2n) is 4.53. The Balaban J connectivity index is 2.13. The van der Waals surface area contributed by atoms with E-state index >= 15 is 0 Å². The summed E-state index contributed by atoms with van der Waals surface area (Å²) in [5, 5.41) is 6.62. The van der Waals surface area contributed by atoms with Gasteiger partial charge in [-0.05, 0) is 37.1 Å². The molecule has 2 unspecified atom stereocenters. The van der Waals surface area contributed by atoms with Crippen LogP contribution in [-0.4, -0.2) is 25.6 Å². The van der Waals surface area contributed by atoms with Crippen molar-refractivity contribution < 1.29 is 9.53 Å². The lowest BCUT2D eigenvalue weighted by Gasteiger charge is -2.17. The summed E-state index contributed by atoms with van der Waals surface area (Å²) in [4.78, 5) is 12.1. The Kier molecular flexibility index (Phi) is 4.09. The molecule has 5 heteroatoms. The molecule has 0 spiro atoms. The normalized spacial score (nSPS) is 22.8. The first kappa shape index (κ1) is 13.2. The van der Waals surface area contributed by atoms with Crippen LogP contribution in [0.1, 0.15) is 13.3 Å². The summed E-state index contributed by atoms with van der Waals surface area (Å²) in [6.07, 6.45) is 1.02. The zero-order chi connectivity index (χ0) is 13.1. The summed E-state index contributed by atoms with van der Waals surface area (Å²) < 4.78 is 5.20. The number of nitrogens with one attached hydrogen (secondary N) is 2. The lowest BCUT2D eigenvalue weighted by Crippen LogP contribution is -2.39. The number of benzene rings is 1. The van der Waals surface area contributed by atoms with Crippen molar-refractivity contribution in [3.05, 3.63) is 23.2 Å².